The first kappa shape index (κ1) is 27.1. The van der Waals surface area contributed by atoms with E-state index in [0.29, 0.717) is 0 Å². The molecule has 6 N–H and O–H groups in total. The van der Waals surface area contributed by atoms with Crippen molar-refractivity contribution < 1.29 is 59.4 Å². The molecule has 0 aliphatic heterocycles. The van der Waals surface area contributed by atoms with Crippen molar-refractivity contribution in [3.05, 3.63) is 81.4 Å². The number of rotatable bonds is 9. The lowest BCUT2D eigenvalue weighted by Gasteiger charge is -2.22. The van der Waals surface area contributed by atoms with Gasteiger partial charge < -0.3 is 30.6 Å². The standard InChI is InChI=1S/C26H18O12/c1-2-10-9-15(23(31)32)20(26(37)38)19(12-6-4-8-14(22(29)30)18(12)25(35)36)16(10)11-5-3-7-13(21(27)28)17(11)24(33)34/h3-9H,2H2,1H3,(H,27,28)(H,29,30)(H,31,32)(H,33,34)(H,35,36)(H,37,38). The van der Waals surface area contributed by atoms with Gasteiger partial charge in [0.15, 0.2) is 0 Å². The fourth-order valence-corrected chi connectivity index (χ4v) is 4.32. The van der Waals surface area contributed by atoms with Gasteiger partial charge in [-0.05, 0) is 46.9 Å². The number of hydrogen-bond donors (Lipinski definition) is 6. The van der Waals surface area contributed by atoms with Gasteiger partial charge in [-0.1, -0.05) is 31.2 Å². The highest BCUT2D eigenvalue weighted by Crippen LogP contribution is 2.43. The van der Waals surface area contributed by atoms with Crippen LogP contribution in [-0.4, -0.2) is 66.5 Å². The lowest BCUT2D eigenvalue weighted by Crippen LogP contribution is -2.17. The van der Waals surface area contributed by atoms with E-state index in [1.165, 1.54) is 19.1 Å². The van der Waals surface area contributed by atoms with E-state index >= 15 is 0 Å². The van der Waals surface area contributed by atoms with Crippen molar-refractivity contribution in [3.8, 4) is 22.3 Å². The Labute approximate surface area is 212 Å². The van der Waals surface area contributed by atoms with Crippen LogP contribution in [0.4, 0.5) is 0 Å². The monoisotopic (exact) mass is 522 g/mol. The second kappa shape index (κ2) is 10.2. The number of hydrogen-bond acceptors (Lipinski definition) is 6. The first-order valence-electron chi connectivity index (χ1n) is 10.7. The summed E-state index contributed by atoms with van der Waals surface area (Å²) >= 11 is 0. The Morgan fingerprint density at radius 3 is 1.26 bits per heavy atom. The van der Waals surface area contributed by atoms with Crippen LogP contribution in [0.3, 0.4) is 0 Å². The second-order valence-electron chi connectivity index (χ2n) is 7.85. The van der Waals surface area contributed by atoms with E-state index in [-0.39, 0.29) is 23.1 Å². The molecule has 0 saturated heterocycles. The maximum absolute atomic E-state index is 12.5. The maximum atomic E-state index is 12.5. The SMILES string of the molecule is CCc1cc(C(=O)O)c(C(=O)O)c(-c2cccc(C(=O)O)c2C(=O)O)c1-c1cccc(C(=O)O)c1C(=O)O. The third-order valence-corrected chi connectivity index (χ3v) is 5.79. The van der Waals surface area contributed by atoms with Gasteiger partial charge in [0.05, 0.1) is 33.4 Å². The summed E-state index contributed by atoms with van der Waals surface area (Å²) in [6.07, 6.45) is -0.0279. The van der Waals surface area contributed by atoms with Crippen LogP contribution in [-0.2, 0) is 6.42 Å². The molecule has 0 radical (unpaired) electrons. The zero-order chi connectivity index (χ0) is 28.5. The third-order valence-electron chi connectivity index (χ3n) is 5.79. The predicted octanol–water partition coefficient (Wildman–Crippen LogP) is 3.77. The van der Waals surface area contributed by atoms with Gasteiger partial charge in [-0.25, -0.2) is 28.8 Å². The number of carbonyl (C=O) groups is 6. The van der Waals surface area contributed by atoms with Gasteiger partial charge in [0.2, 0.25) is 0 Å². The Morgan fingerprint density at radius 1 is 0.526 bits per heavy atom. The van der Waals surface area contributed by atoms with Gasteiger partial charge >= 0.3 is 35.8 Å². The summed E-state index contributed by atoms with van der Waals surface area (Å²) in [6.45, 7) is 1.53. The fraction of sp³-hybridized carbons (Fsp3) is 0.0769. The van der Waals surface area contributed by atoms with Gasteiger partial charge in [0.1, 0.15) is 0 Å². The molecule has 3 aromatic rings. The van der Waals surface area contributed by atoms with Crippen LogP contribution in [0.25, 0.3) is 22.3 Å². The molecule has 0 aromatic heterocycles. The summed E-state index contributed by atoms with van der Waals surface area (Å²) in [4.78, 5) is 72.7. The lowest BCUT2D eigenvalue weighted by atomic mass is 9.79. The van der Waals surface area contributed by atoms with Crippen LogP contribution in [0, 0.1) is 0 Å². The maximum Gasteiger partial charge on any atom is 0.337 e. The molecule has 3 rings (SSSR count). The summed E-state index contributed by atoms with van der Waals surface area (Å²) in [5, 5.41) is 58.9. The van der Waals surface area contributed by atoms with Gasteiger partial charge in [-0.15, -0.1) is 0 Å². The van der Waals surface area contributed by atoms with Crippen LogP contribution in [0.5, 0.6) is 0 Å². The smallest absolute Gasteiger partial charge is 0.337 e. The normalized spacial score (nSPS) is 10.6. The van der Waals surface area contributed by atoms with Gasteiger partial charge in [-0.2, -0.15) is 0 Å². The highest BCUT2D eigenvalue weighted by Gasteiger charge is 2.33. The summed E-state index contributed by atoms with van der Waals surface area (Å²) < 4.78 is 0. The topological polar surface area (TPSA) is 224 Å². The van der Waals surface area contributed by atoms with E-state index in [2.05, 4.69) is 0 Å². The Hall–Kier alpha value is -5.52. The first-order valence-corrected chi connectivity index (χ1v) is 10.7. The van der Waals surface area contributed by atoms with Crippen LogP contribution in [0.2, 0.25) is 0 Å². The summed E-state index contributed by atoms with van der Waals surface area (Å²) in [5.41, 5.74) is -6.40. The number of carboxylic acids is 6. The molecule has 0 bridgehead atoms. The number of benzene rings is 3. The molecule has 0 spiro atoms. The molecule has 12 heteroatoms. The van der Waals surface area contributed by atoms with Crippen molar-refractivity contribution in [3.63, 3.8) is 0 Å². The highest BCUT2D eigenvalue weighted by atomic mass is 16.4. The molecule has 0 unspecified atom stereocenters. The minimum absolute atomic E-state index is 0.0279. The van der Waals surface area contributed by atoms with Crippen LogP contribution in [0.1, 0.15) is 74.6 Å². The van der Waals surface area contributed by atoms with Crippen LogP contribution in [0.15, 0.2) is 42.5 Å². The number of carboxylic acid groups (broad SMARTS) is 6. The molecule has 0 atom stereocenters. The van der Waals surface area contributed by atoms with Crippen molar-refractivity contribution in [2.24, 2.45) is 0 Å². The largest absolute Gasteiger partial charge is 0.478 e. The Bertz CT molecular complexity index is 1560. The lowest BCUT2D eigenvalue weighted by molar-refractivity contribution is 0.0650. The second-order valence-corrected chi connectivity index (χ2v) is 7.85. The molecule has 0 aliphatic carbocycles. The molecule has 0 amide bonds. The Morgan fingerprint density at radius 2 is 0.921 bits per heavy atom. The summed E-state index contributed by atoms with van der Waals surface area (Å²) in [5.74, 6) is -10.3. The van der Waals surface area contributed by atoms with Gasteiger partial charge in [-0.3, -0.25) is 0 Å². The van der Waals surface area contributed by atoms with Crippen molar-refractivity contribution in [2.45, 2.75) is 13.3 Å². The van der Waals surface area contributed by atoms with E-state index in [4.69, 9.17) is 0 Å². The average Bonchev–Trinajstić information content (AvgIpc) is 2.85. The molecule has 194 valence electrons. The molecule has 38 heavy (non-hydrogen) atoms. The van der Waals surface area contributed by atoms with E-state index in [9.17, 15) is 59.4 Å². The molecular weight excluding hydrogens is 504 g/mol. The van der Waals surface area contributed by atoms with Crippen LogP contribution < -0.4 is 0 Å². The highest BCUT2D eigenvalue weighted by molar-refractivity contribution is 6.16. The number of aromatic carboxylic acids is 6. The van der Waals surface area contributed by atoms with Crippen molar-refractivity contribution in [1.82, 2.24) is 0 Å². The summed E-state index contributed by atoms with van der Waals surface area (Å²) in [7, 11) is 0. The zero-order valence-electron chi connectivity index (χ0n) is 19.4. The summed E-state index contributed by atoms with van der Waals surface area (Å²) in [6, 6.07) is 7.46. The minimum atomic E-state index is -1.83. The average molecular weight is 522 g/mol. The van der Waals surface area contributed by atoms with Crippen molar-refractivity contribution in [2.75, 3.05) is 0 Å². The van der Waals surface area contributed by atoms with E-state index < -0.39 is 80.3 Å². The quantitative estimate of drug-likeness (QED) is 0.236. The molecule has 0 aliphatic rings. The van der Waals surface area contributed by atoms with Crippen molar-refractivity contribution in [1.29, 1.82) is 0 Å². The predicted molar refractivity (Wildman–Crippen MR) is 128 cm³/mol. The minimum Gasteiger partial charge on any atom is -0.478 e. The zero-order valence-corrected chi connectivity index (χ0v) is 19.4. The molecule has 12 nitrogen and oxygen atoms in total. The van der Waals surface area contributed by atoms with Crippen molar-refractivity contribution >= 4 is 35.8 Å². The molecule has 0 heterocycles. The molecule has 0 saturated carbocycles. The Kier molecular flexibility index (Phi) is 7.29. The fourth-order valence-electron chi connectivity index (χ4n) is 4.32. The van der Waals surface area contributed by atoms with Gasteiger partial charge in [0.25, 0.3) is 0 Å². The molecule has 0 fully saturated rings. The number of aryl methyl sites for hydroxylation is 1. The van der Waals surface area contributed by atoms with Gasteiger partial charge in [0, 0.05) is 5.56 Å². The molecule has 3 aromatic carbocycles. The van der Waals surface area contributed by atoms with E-state index in [1.54, 1.807) is 0 Å². The van der Waals surface area contributed by atoms with Crippen LogP contribution >= 0.6 is 0 Å². The Balaban J connectivity index is 2.78. The third kappa shape index (κ3) is 4.53. The molecular formula is C26H18O12. The first-order chi connectivity index (χ1) is 17.8. The van der Waals surface area contributed by atoms with E-state index in [1.807, 2.05) is 0 Å². The van der Waals surface area contributed by atoms with E-state index in [0.717, 1.165) is 30.3 Å².